The van der Waals surface area contributed by atoms with Crippen molar-refractivity contribution >= 4 is 11.9 Å². The van der Waals surface area contributed by atoms with E-state index in [1.165, 1.54) is 51.4 Å². The van der Waals surface area contributed by atoms with E-state index in [1.54, 1.807) is 0 Å². The van der Waals surface area contributed by atoms with E-state index in [-0.39, 0.29) is 31.3 Å². The van der Waals surface area contributed by atoms with Gasteiger partial charge >= 0.3 is 5.97 Å². The second-order valence-electron chi connectivity index (χ2n) is 14.5. The molecule has 56 heavy (non-hydrogen) atoms. The summed E-state index contributed by atoms with van der Waals surface area (Å²) in [6.07, 6.45) is 57.2. The summed E-state index contributed by atoms with van der Waals surface area (Å²) >= 11 is 0. The highest BCUT2D eigenvalue weighted by atomic mass is 16.5. The molecule has 0 fully saturated rings. The topological polar surface area (TPSA) is 95.9 Å². The fraction of sp³-hybridized carbons (Fsp3) is 0.600. The number of aliphatic hydroxyl groups is 2. The van der Waals surface area contributed by atoms with Crippen molar-refractivity contribution in [2.24, 2.45) is 0 Å². The predicted octanol–water partition coefficient (Wildman–Crippen LogP) is 12.8. The van der Waals surface area contributed by atoms with E-state index < -0.39 is 18.2 Å². The number of carbonyl (C=O) groups excluding carboxylic acids is 2. The minimum atomic E-state index is -0.816. The van der Waals surface area contributed by atoms with Gasteiger partial charge in [-0.25, -0.2) is 0 Å². The zero-order valence-corrected chi connectivity index (χ0v) is 35.7. The first-order valence-electron chi connectivity index (χ1n) is 22.2. The van der Waals surface area contributed by atoms with Crippen LogP contribution in [0.15, 0.2) is 109 Å². The van der Waals surface area contributed by atoms with E-state index in [0.29, 0.717) is 19.3 Å². The highest BCUT2D eigenvalue weighted by molar-refractivity contribution is 5.77. The van der Waals surface area contributed by atoms with Gasteiger partial charge in [0.2, 0.25) is 5.91 Å². The van der Waals surface area contributed by atoms with E-state index >= 15 is 0 Å². The molecule has 0 saturated carbocycles. The van der Waals surface area contributed by atoms with Crippen molar-refractivity contribution < 1.29 is 24.5 Å². The maximum atomic E-state index is 13.1. The van der Waals surface area contributed by atoms with Gasteiger partial charge < -0.3 is 20.3 Å². The SMILES string of the molecule is CC/C=C/C=C/C=C\C=C/C=C/CCCC(=O)OC(CCCCC\C=C/C=C/C=C/C=C/CC)CC(=O)NC(CO)C(O)CCCCCCCCCCCCC. The Hall–Kier alpha value is -3.48. The van der Waals surface area contributed by atoms with Gasteiger partial charge in [0, 0.05) is 6.42 Å². The third kappa shape index (κ3) is 37.4. The molecular formula is C50H81NO5. The summed E-state index contributed by atoms with van der Waals surface area (Å²) in [5, 5.41) is 23.6. The molecule has 6 nitrogen and oxygen atoms in total. The molecule has 1 amide bonds. The van der Waals surface area contributed by atoms with Gasteiger partial charge in [0.05, 0.1) is 25.2 Å². The molecule has 0 aliphatic heterocycles. The Bertz CT molecular complexity index is 1190. The van der Waals surface area contributed by atoms with Crippen molar-refractivity contribution in [1.82, 2.24) is 5.32 Å². The molecule has 0 saturated heterocycles. The first kappa shape index (κ1) is 52.5. The van der Waals surface area contributed by atoms with Crippen LogP contribution in [0.2, 0.25) is 0 Å². The summed E-state index contributed by atoms with van der Waals surface area (Å²) < 4.78 is 5.84. The quantitative estimate of drug-likeness (QED) is 0.0332. The molecule has 0 aromatic rings. The van der Waals surface area contributed by atoms with Crippen LogP contribution in [0, 0.1) is 0 Å². The average molecular weight is 776 g/mol. The molecule has 0 heterocycles. The van der Waals surface area contributed by atoms with Gasteiger partial charge in [-0.3, -0.25) is 9.59 Å². The van der Waals surface area contributed by atoms with Crippen LogP contribution in [0.1, 0.15) is 168 Å². The van der Waals surface area contributed by atoms with E-state index in [9.17, 15) is 19.8 Å². The smallest absolute Gasteiger partial charge is 0.306 e. The van der Waals surface area contributed by atoms with Crippen LogP contribution in [0.3, 0.4) is 0 Å². The Morgan fingerprint density at radius 3 is 1.46 bits per heavy atom. The molecular weight excluding hydrogens is 695 g/mol. The summed E-state index contributed by atoms with van der Waals surface area (Å²) in [5.74, 6) is -0.617. The van der Waals surface area contributed by atoms with Gasteiger partial charge in [0.15, 0.2) is 0 Å². The Balaban J connectivity index is 4.84. The van der Waals surface area contributed by atoms with E-state index in [0.717, 1.165) is 64.2 Å². The van der Waals surface area contributed by atoms with Gasteiger partial charge in [0.1, 0.15) is 6.10 Å². The molecule has 316 valence electrons. The minimum Gasteiger partial charge on any atom is -0.462 e. The molecule has 0 radical (unpaired) electrons. The van der Waals surface area contributed by atoms with Crippen LogP contribution < -0.4 is 5.32 Å². The molecule has 0 rings (SSSR count). The monoisotopic (exact) mass is 776 g/mol. The molecule has 3 unspecified atom stereocenters. The zero-order valence-electron chi connectivity index (χ0n) is 35.7. The predicted molar refractivity (Wildman–Crippen MR) is 240 cm³/mol. The van der Waals surface area contributed by atoms with Gasteiger partial charge in [-0.1, -0.05) is 207 Å². The van der Waals surface area contributed by atoms with Crippen molar-refractivity contribution in [3.8, 4) is 0 Å². The first-order valence-corrected chi connectivity index (χ1v) is 22.2. The van der Waals surface area contributed by atoms with Crippen LogP contribution in [0.4, 0.5) is 0 Å². The maximum Gasteiger partial charge on any atom is 0.306 e. The lowest BCUT2D eigenvalue weighted by atomic mass is 10.0. The highest BCUT2D eigenvalue weighted by Crippen LogP contribution is 2.16. The number of hydrogen-bond acceptors (Lipinski definition) is 5. The van der Waals surface area contributed by atoms with E-state index in [4.69, 9.17) is 4.74 Å². The molecule has 0 aromatic carbocycles. The second-order valence-corrected chi connectivity index (χ2v) is 14.5. The molecule has 0 aliphatic carbocycles. The number of amides is 1. The summed E-state index contributed by atoms with van der Waals surface area (Å²) in [6, 6.07) is -0.734. The van der Waals surface area contributed by atoms with Gasteiger partial charge in [-0.05, 0) is 57.8 Å². The zero-order chi connectivity index (χ0) is 41.0. The Morgan fingerprint density at radius 1 is 0.536 bits per heavy atom. The third-order valence-corrected chi connectivity index (χ3v) is 9.32. The lowest BCUT2D eigenvalue weighted by Crippen LogP contribution is -2.46. The average Bonchev–Trinajstić information content (AvgIpc) is 3.19. The third-order valence-electron chi connectivity index (χ3n) is 9.32. The fourth-order valence-electron chi connectivity index (χ4n) is 6.00. The van der Waals surface area contributed by atoms with Crippen molar-refractivity contribution in [3.63, 3.8) is 0 Å². The van der Waals surface area contributed by atoms with Gasteiger partial charge in [-0.2, -0.15) is 0 Å². The van der Waals surface area contributed by atoms with Gasteiger partial charge in [-0.15, -0.1) is 0 Å². The number of hydrogen-bond donors (Lipinski definition) is 3. The fourth-order valence-corrected chi connectivity index (χ4v) is 6.00. The van der Waals surface area contributed by atoms with Crippen molar-refractivity contribution in [2.75, 3.05) is 6.61 Å². The number of allylic oxidation sites excluding steroid dienone is 18. The Labute approximate surface area is 343 Å². The summed E-state index contributed by atoms with van der Waals surface area (Å²) in [4.78, 5) is 25.9. The molecule has 6 heteroatoms. The van der Waals surface area contributed by atoms with Crippen LogP contribution in [0.5, 0.6) is 0 Å². The minimum absolute atomic E-state index is 0.0152. The molecule has 0 aliphatic rings. The van der Waals surface area contributed by atoms with Crippen molar-refractivity contribution in [1.29, 1.82) is 0 Å². The number of esters is 1. The normalized spacial score (nSPS) is 14.4. The standard InChI is InChI=1S/C50H81NO5/c1-4-7-10-13-16-19-22-24-27-29-32-35-38-41-46(56-50(55)43-40-37-34-31-28-25-23-20-17-14-11-8-5-2)44-49(54)51-47(45-52)48(53)42-39-36-33-30-26-21-18-15-12-9-6-3/h7-8,10-11,13-14,16-17,19-20,22-25,27-28,31,34,46-48,52-53H,4-6,9,12,15,18,21,26,29-30,32-33,35-45H2,1-3H3,(H,51,54)/b10-7+,11-8+,16-13+,17-14+,22-19+,23-20-,27-24-,28-25-,34-31+. The highest BCUT2D eigenvalue weighted by Gasteiger charge is 2.24. The molecule has 3 N–H and O–H groups in total. The summed E-state index contributed by atoms with van der Waals surface area (Å²) in [6.45, 7) is 6.13. The molecule has 0 bridgehead atoms. The lowest BCUT2D eigenvalue weighted by molar-refractivity contribution is -0.151. The number of rotatable bonds is 37. The maximum absolute atomic E-state index is 13.1. The van der Waals surface area contributed by atoms with Crippen LogP contribution >= 0.6 is 0 Å². The van der Waals surface area contributed by atoms with E-state index in [2.05, 4.69) is 50.4 Å². The number of unbranched alkanes of at least 4 members (excludes halogenated alkanes) is 14. The van der Waals surface area contributed by atoms with E-state index in [1.807, 2.05) is 85.1 Å². The van der Waals surface area contributed by atoms with Crippen molar-refractivity contribution in [3.05, 3.63) is 109 Å². The second kappa shape index (κ2) is 42.7. The summed E-state index contributed by atoms with van der Waals surface area (Å²) in [5.41, 5.74) is 0. The number of ether oxygens (including phenoxy) is 1. The molecule has 3 atom stereocenters. The van der Waals surface area contributed by atoms with Crippen LogP contribution in [0.25, 0.3) is 0 Å². The lowest BCUT2D eigenvalue weighted by Gasteiger charge is -2.24. The van der Waals surface area contributed by atoms with Crippen LogP contribution in [-0.4, -0.2) is 46.9 Å². The number of aliphatic hydroxyl groups excluding tert-OH is 2. The largest absolute Gasteiger partial charge is 0.462 e. The van der Waals surface area contributed by atoms with Crippen molar-refractivity contribution in [2.45, 2.75) is 187 Å². The Kier molecular flexibility index (Phi) is 40.0. The number of nitrogens with one attached hydrogen (secondary N) is 1. The Morgan fingerprint density at radius 2 is 0.964 bits per heavy atom. The molecule has 0 spiro atoms. The first-order chi connectivity index (χ1) is 27.5. The number of carbonyl (C=O) groups is 2. The summed E-state index contributed by atoms with van der Waals surface area (Å²) in [7, 11) is 0. The van der Waals surface area contributed by atoms with Crippen LogP contribution in [-0.2, 0) is 14.3 Å². The van der Waals surface area contributed by atoms with Gasteiger partial charge in [0.25, 0.3) is 0 Å². The molecule has 0 aromatic heterocycles.